The molecule has 4 aromatic rings. The number of aromatic nitrogens is 2. The van der Waals surface area contributed by atoms with Gasteiger partial charge in [-0.2, -0.15) is 5.10 Å². The van der Waals surface area contributed by atoms with E-state index in [1.165, 1.54) is 42.9 Å². The molecule has 2 heterocycles. The number of phenolic OH excluding ortho intramolecular Hbond substituents is 1. The molecule has 4 N–H and O–H groups in total. The van der Waals surface area contributed by atoms with Crippen LogP contribution in [0.4, 0.5) is 26.4 Å². The highest BCUT2D eigenvalue weighted by Gasteiger charge is 2.21. The third kappa shape index (κ3) is 6.07. The summed E-state index contributed by atoms with van der Waals surface area (Å²) in [4.78, 5) is 21.3. The molecule has 10 nitrogen and oxygen atoms in total. The highest BCUT2D eigenvalue weighted by atomic mass is 35.5. The van der Waals surface area contributed by atoms with Gasteiger partial charge in [-0.05, 0) is 54.1 Å². The standard InChI is InChI=1S/C26H22ClFN6O4/c27-20-9-16(3-6-21(20)28)32-25-19-10-23(33-26(36)34-31-12-15-1-4-17(35)5-2-15)24(11-22(19)29-14-30-25)38-18-7-8-37-13-18/h1-6,9-12,14,18,35H,7-8,13H2,(H,29,30,32)(H2,33,34,36)/b31-12+. The largest absolute Gasteiger partial charge is 0.508 e. The summed E-state index contributed by atoms with van der Waals surface area (Å²) in [6.45, 7) is 1.02. The number of aromatic hydroxyl groups is 1. The van der Waals surface area contributed by atoms with Crippen molar-refractivity contribution in [2.75, 3.05) is 23.8 Å². The smallest absolute Gasteiger partial charge is 0.339 e. The molecule has 2 amide bonds. The monoisotopic (exact) mass is 536 g/mol. The van der Waals surface area contributed by atoms with E-state index in [1.54, 1.807) is 24.3 Å². The van der Waals surface area contributed by atoms with E-state index in [4.69, 9.17) is 21.1 Å². The molecule has 38 heavy (non-hydrogen) atoms. The Kier molecular flexibility index (Phi) is 7.47. The summed E-state index contributed by atoms with van der Waals surface area (Å²) in [6, 6.07) is 13.3. The van der Waals surface area contributed by atoms with Crippen molar-refractivity contribution in [3.8, 4) is 11.5 Å². The molecule has 0 bridgehead atoms. The van der Waals surface area contributed by atoms with Crippen molar-refractivity contribution in [3.05, 3.63) is 77.3 Å². The lowest BCUT2D eigenvalue weighted by atomic mass is 10.1. The fourth-order valence-corrected chi connectivity index (χ4v) is 3.93. The molecule has 1 atom stereocenters. The Labute approximate surface area is 221 Å². The molecule has 0 aliphatic carbocycles. The number of benzene rings is 3. The molecule has 1 saturated heterocycles. The summed E-state index contributed by atoms with van der Waals surface area (Å²) in [7, 11) is 0. The number of nitrogens with zero attached hydrogens (tertiary/aromatic N) is 3. The molecule has 5 rings (SSSR count). The Bertz CT molecular complexity index is 1500. The Hall–Kier alpha value is -4.48. The van der Waals surface area contributed by atoms with Crippen LogP contribution < -0.4 is 20.8 Å². The van der Waals surface area contributed by atoms with Gasteiger partial charge in [0, 0.05) is 23.6 Å². The highest BCUT2D eigenvalue weighted by molar-refractivity contribution is 6.31. The van der Waals surface area contributed by atoms with Gasteiger partial charge in [0.05, 0.1) is 35.7 Å². The summed E-state index contributed by atoms with van der Waals surface area (Å²) in [5, 5.41) is 19.7. The second kappa shape index (κ2) is 11.3. The van der Waals surface area contributed by atoms with Crippen LogP contribution in [0.15, 0.2) is 66.0 Å². The van der Waals surface area contributed by atoms with Crippen LogP contribution in [0.1, 0.15) is 12.0 Å². The van der Waals surface area contributed by atoms with Crippen LogP contribution in [0.5, 0.6) is 11.5 Å². The molecule has 3 aromatic carbocycles. The van der Waals surface area contributed by atoms with Crippen LogP contribution in [0.3, 0.4) is 0 Å². The van der Waals surface area contributed by atoms with Crippen LogP contribution in [-0.4, -0.2) is 46.6 Å². The maximum Gasteiger partial charge on any atom is 0.339 e. The van der Waals surface area contributed by atoms with E-state index in [-0.39, 0.29) is 16.9 Å². The lowest BCUT2D eigenvalue weighted by molar-refractivity contribution is 0.142. The maximum atomic E-state index is 13.6. The topological polar surface area (TPSA) is 130 Å². The SMILES string of the molecule is O=C(N/N=C/c1ccc(O)cc1)Nc1cc2c(Nc3ccc(F)c(Cl)c3)ncnc2cc1OC1CCOC1. The fourth-order valence-electron chi connectivity index (χ4n) is 3.75. The zero-order valence-corrected chi connectivity index (χ0v) is 20.6. The van der Waals surface area contributed by atoms with E-state index >= 15 is 0 Å². The first-order valence-corrected chi connectivity index (χ1v) is 12.0. The number of fused-ring (bicyclic) bond motifs is 1. The number of ether oxygens (including phenoxy) is 2. The minimum absolute atomic E-state index is 0.0327. The Morgan fingerprint density at radius 2 is 2.03 bits per heavy atom. The molecule has 12 heteroatoms. The van der Waals surface area contributed by atoms with E-state index < -0.39 is 11.8 Å². The quantitative estimate of drug-likeness (QED) is 0.189. The summed E-state index contributed by atoms with van der Waals surface area (Å²) in [6.07, 6.45) is 3.36. The van der Waals surface area contributed by atoms with Crippen molar-refractivity contribution in [2.45, 2.75) is 12.5 Å². The average Bonchev–Trinajstić information content (AvgIpc) is 3.41. The van der Waals surface area contributed by atoms with Crippen LogP contribution in [-0.2, 0) is 4.74 Å². The first kappa shape index (κ1) is 25.2. The van der Waals surface area contributed by atoms with Crippen LogP contribution in [0, 0.1) is 5.82 Å². The average molecular weight is 537 g/mol. The number of urea groups is 1. The molecular weight excluding hydrogens is 515 g/mol. The lowest BCUT2D eigenvalue weighted by Gasteiger charge is -2.18. The van der Waals surface area contributed by atoms with Gasteiger partial charge in [-0.15, -0.1) is 0 Å². The van der Waals surface area contributed by atoms with E-state index in [0.29, 0.717) is 59.0 Å². The molecule has 0 radical (unpaired) electrons. The van der Waals surface area contributed by atoms with Gasteiger partial charge in [0.1, 0.15) is 35.6 Å². The highest BCUT2D eigenvalue weighted by Crippen LogP contribution is 2.35. The van der Waals surface area contributed by atoms with Crippen molar-refractivity contribution >= 4 is 51.9 Å². The van der Waals surface area contributed by atoms with E-state index in [2.05, 4.69) is 31.1 Å². The summed E-state index contributed by atoms with van der Waals surface area (Å²) in [5.41, 5.74) is 4.53. The van der Waals surface area contributed by atoms with Crippen molar-refractivity contribution in [1.29, 1.82) is 0 Å². The van der Waals surface area contributed by atoms with Crippen molar-refractivity contribution < 1.29 is 23.8 Å². The van der Waals surface area contributed by atoms with Crippen molar-refractivity contribution in [2.24, 2.45) is 5.10 Å². The van der Waals surface area contributed by atoms with Gasteiger partial charge in [0.25, 0.3) is 0 Å². The van der Waals surface area contributed by atoms with Crippen molar-refractivity contribution in [3.63, 3.8) is 0 Å². The lowest BCUT2D eigenvalue weighted by Crippen LogP contribution is -2.25. The van der Waals surface area contributed by atoms with Crippen LogP contribution in [0.2, 0.25) is 5.02 Å². The number of hydrogen-bond donors (Lipinski definition) is 4. The molecular formula is C26H22ClFN6O4. The Morgan fingerprint density at radius 3 is 2.79 bits per heavy atom. The number of carbonyl (C=O) groups is 1. The van der Waals surface area contributed by atoms with E-state index in [0.717, 1.165) is 0 Å². The molecule has 1 fully saturated rings. The molecule has 1 aliphatic rings. The minimum Gasteiger partial charge on any atom is -0.508 e. The Balaban J connectivity index is 1.42. The third-order valence-electron chi connectivity index (χ3n) is 5.62. The first-order valence-electron chi connectivity index (χ1n) is 11.6. The van der Waals surface area contributed by atoms with Gasteiger partial charge in [-0.1, -0.05) is 11.6 Å². The predicted molar refractivity (Wildman–Crippen MR) is 142 cm³/mol. The van der Waals surface area contributed by atoms with E-state index in [1.807, 2.05) is 0 Å². The number of hydrazone groups is 1. The molecule has 194 valence electrons. The second-order valence-corrected chi connectivity index (χ2v) is 8.77. The first-order chi connectivity index (χ1) is 18.4. The normalized spacial score (nSPS) is 15.1. The van der Waals surface area contributed by atoms with Gasteiger partial charge in [0.2, 0.25) is 0 Å². The number of anilines is 3. The van der Waals surface area contributed by atoms with Crippen LogP contribution in [0.25, 0.3) is 10.9 Å². The molecule has 1 aromatic heterocycles. The zero-order chi connectivity index (χ0) is 26.5. The number of rotatable bonds is 7. The number of halogens is 2. The number of amides is 2. The molecule has 0 saturated carbocycles. The number of phenols is 1. The Morgan fingerprint density at radius 1 is 1.18 bits per heavy atom. The zero-order valence-electron chi connectivity index (χ0n) is 19.8. The van der Waals surface area contributed by atoms with Gasteiger partial charge >= 0.3 is 6.03 Å². The van der Waals surface area contributed by atoms with Crippen molar-refractivity contribution in [1.82, 2.24) is 15.4 Å². The summed E-state index contributed by atoms with van der Waals surface area (Å²) < 4.78 is 25.1. The summed E-state index contributed by atoms with van der Waals surface area (Å²) in [5.74, 6) is 0.417. The van der Waals surface area contributed by atoms with Gasteiger partial charge < -0.3 is 25.2 Å². The number of carbonyl (C=O) groups excluding carboxylic acids is 1. The minimum atomic E-state index is -0.608. The number of nitrogens with one attached hydrogen (secondary N) is 3. The third-order valence-corrected chi connectivity index (χ3v) is 5.91. The molecule has 0 spiro atoms. The predicted octanol–water partition coefficient (Wildman–Crippen LogP) is 5.19. The van der Waals surface area contributed by atoms with Crippen LogP contribution >= 0.6 is 11.6 Å². The fraction of sp³-hybridized carbons (Fsp3) is 0.154. The van der Waals surface area contributed by atoms with Gasteiger partial charge in [0.15, 0.2) is 0 Å². The maximum absolute atomic E-state index is 13.6. The second-order valence-electron chi connectivity index (χ2n) is 8.36. The molecule has 1 unspecified atom stereocenters. The van der Waals surface area contributed by atoms with Gasteiger partial charge in [-0.25, -0.2) is 24.6 Å². The molecule has 1 aliphatic heterocycles. The van der Waals surface area contributed by atoms with E-state index in [9.17, 15) is 14.3 Å². The number of hydrogen-bond acceptors (Lipinski definition) is 8. The summed E-state index contributed by atoms with van der Waals surface area (Å²) >= 11 is 5.92. The van der Waals surface area contributed by atoms with Gasteiger partial charge in [-0.3, -0.25) is 0 Å².